The highest BCUT2D eigenvalue weighted by atomic mass is 16.7. The van der Waals surface area contributed by atoms with Crippen LogP contribution in [0.25, 0.3) is 0 Å². The summed E-state index contributed by atoms with van der Waals surface area (Å²) in [5, 5.41) is 3.48. The first-order chi connectivity index (χ1) is 10.7. The second-order valence-electron chi connectivity index (χ2n) is 6.04. The summed E-state index contributed by atoms with van der Waals surface area (Å²) in [6, 6.07) is 0.165. The fraction of sp³-hybridized carbons (Fsp3) is 0.941. The molecule has 1 saturated heterocycles. The zero-order valence-corrected chi connectivity index (χ0v) is 14.6. The number of hydrogen-bond acceptors (Lipinski definition) is 5. The average Bonchev–Trinajstić information content (AvgIpc) is 2.88. The van der Waals surface area contributed by atoms with Crippen molar-refractivity contribution in [3.8, 4) is 0 Å². The lowest BCUT2D eigenvalue weighted by Gasteiger charge is -2.28. The van der Waals surface area contributed by atoms with E-state index in [9.17, 15) is 4.79 Å². The highest BCUT2D eigenvalue weighted by Gasteiger charge is 2.41. The predicted octanol–water partition coefficient (Wildman–Crippen LogP) is 2.73. The van der Waals surface area contributed by atoms with E-state index < -0.39 is 0 Å². The summed E-state index contributed by atoms with van der Waals surface area (Å²) < 4.78 is 16.0. The Morgan fingerprint density at radius 3 is 2.50 bits per heavy atom. The van der Waals surface area contributed by atoms with Gasteiger partial charge in [-0.3, -0.25) is 4.79 Å². The van der Waals surface area contributed by atoms with Gasteiger partial charge in [0.1, 0.15) is 0 Å². The van der Waals surface area contributed by atoms with Crippen molar-refractivity contribution >= 4 is 5.97 Å². The third-order valence-corrected chi connectivity index (χ3v) is 4.58. The predicted molar refractivity (Wildman–Crippen MR) is 86.6 cm³/mol. The minimum absolute atomic E-state index is 0.120. The second kappa shape index (κ2) is 11.0. The van der Waals surface area contributed by atoms with Gasteiger partial charge in [0.2, 0.25) is 0 Å². The molecule has 0 saturated carbocycles. The quantitative estimate of drug-likeness (QED) is 0.361. The Hall–Kier alpha value is -0.650. The smallest absolute Gasteiger partial charge is 0.307 e. The van der Waals surface area contributed by atoms with E-state index in [2.05, 4.69) is 12.2 Å². The van der Waals surface area contributed by atoms with E-state index in [1.165, 1.54) is 25.7 Å². The van der Waals surface area contributed by atoms with Crippen molar-refractivity contribution in [2.24, 2.45) is 11.8 Å². The molecule has 0 aliphatic carbocycles. The zero-order valence-electron chi connectivity index (χ0n) is 14.6. The number of hydrogen-bond donors (Lipinski definition) is 1. The molecule has 3 atom stereocenters. The molecule has 1 N–H and O–H groups in total. The normalized spacial score (nSPS) is 24.9. The topological polar surface area (TPSA) is 56.8 Å². The SMILES string of the molecule is CCCCCC[C@H]1[C@H](CC(=O)OCC)NC[C@@H]1C(OC)OC. The van der Waals surface area contributed by atoms with E-state index in [-0.39, 0.29) is 24.2 Å². The lowest BCUT2D eigenvalue weighted by Crippen LogP contribution is -2.34. The monoisotopic (exact) mass is 315 g/mol. The van der Waals surface area contributed by atoms with Gasteiger partial charge in [-0.2, -0.15) is 0 Å². The number of ether oxygens (including phenoxy) is 3. The van der Waals surface area contributed by atoms with Crippen LogP contribution < -0.4 is 5.32 Å². The summed E-state index contributed by atoms with van der Waals surface area (Å²) in [5.74, 6) is 0.563. The molecule has 0 spiro atoms. The Balaban J connectivity index is 2.63. The van der Waals surface area contributed by atoms with Crippen molar-refractivity contribution in [3.05, 3.63) is 0 Å². The molecule has 0 aromatic carbocycles. The maximum Gasteiger partial charge on any atom is 0.307 e. The molecule has 0 bridgehead atoms. The number of carbonyl (C=O) groups is 1. The highest BCUT2D eigenvalue weighted by Crippen LogP contribution is 2.33. The van der Waals surface area contributed by atoms with Crippen molar-refractivity contribution in [2.75, 3.05) is 27.4 Å². The summed E-state index contributed by atoms with van der Waals surface area (Å²) >= 11 is 0. The number of nitrogens with one attached hydrogen (secondary N) is 1. The van der Waals surface area contributed by atoms with Gasteiger partial charge in [-0.05, 0) is 19.3 Å². The first-order valence-corrected chi connectivity index (χ1v) is 8.62. The highest BCUT2D eigenvalue weighted by molar-refractivity contribution is 5.70. The molecular weight excluding hydrogens is 282 g/mol. The van der Waals surface area contributed by atoms with E-state index >= 15 is 0 Å². The molecule has 1 aliphatic rings. The molecule has 0 radical (unpaired) electrons. The third kappa shape index (κ3) is 5.86. The Bertz CT molecular complexity index is 307. The Kier molecular flexibility index (Phi) is 9.68. The van der Waals surface area contributed by atoms with E-state index in [1.807, 2.05) is 6.92 Å². The number of carbonyl (C=O) groups excluding carboxylic acids is 1. The van der Waals surface area contributed by atoms with Crippen molar-refractivity contribution in [3.63, 3.8) is 0 Å². The van der Waals surface area contributed by atoms with Crippen molar-refractivity contribution in [1.29, 1.82) is 0 Å². The molecule has 5 nitrogen and oxygen atoms in total. The number of esters is 1. The van der Waals surface area contributed by atoms with E-state index in [0.29, 0.717) is 18.9 Å². The summed E-state index contributed by atoms with van der Waals surface area (Å²) in [5.41, 5.74) is 0. The molecule has 22 heavy (non-hydrogen) atoms. The summed E-state index contributed by atoms with van der Waals surface area (Å²) in [6.45, 7) is 5.33. The maximum atomic E-state index is 11.8. The van der Waals surface area contributed by atoms with Crippen LogP contribution in [0.15, 0.2) is 0 Å². The molecule has 1 rings (SSSR count). The van der Waals surface area contributed by atoms with Gasteiger partial charge in [0.15, 0.2) is 6.29 Å². The van der Waals surface area contributed by atoms with Crippen molar-refractivity contribution in [1.82, 2.24) is 5.32 Å². The van der Waals surface area contributed by atoms with Gasteiger partial charge in [-0.15, -0.1) is 0 Å². The zero-order chi connectivity index (χ0) is 16.4. The number of methoxy groups -OCH3 is 2. The minimum Gasteiger partial charge on any atom is -0.466 e. The molecule has 1 aliphatic heterocycles. The van der Waals surface area contributed by atoms with Crippen LogP contribution in [-0.4, -0.2) is 45.7 Å². The summed E-state index contributed by atoms with van der Waals surface area (Å²) in [4.78, 5) is 11.8. The molecular formula is C17H33NO4. The third-order valence-electron chi connectivity index (χ3n) is 4.58. The van der Waals surface area contributed by atoms with Crippen LogP contribution in [0, 0.1) is 11.8 Å². The van der Waals surface area contributed by atoms with Crippen LogP contribution in [0.3, 0.4) is 0 Å². The first-order valence-electron chi connectivity index (χ1n) is 8.62. The van der Waals surface area contributed by atoms with Crippen molar-refractivity contribution < 1.29 is 19.0 Å². The largest absolute Gasteiger partial charge is 0.466 e. The van der Waals surface area contributed by atoms with Crippen LogP contribution >= 0.6 is 0 Å². The van der Waals surface area contributed by atoms with Gasteiger partial charge in [0, 0.05) is 32.7 Å². The summed E-state index contributed by atoms with van der Waals surface area (Å²) in [7, 11) is 3.36. The average molecular weight is 315 g/mol. The maximum absolute atomic E-state index is 11.8. The van der Waals surface area contributed by atoms with E-state index in [4.69, 9.17) is 14.2 Å². The molecule has 0 amide bonds. The van der Waals surface area contributed by atoms with Crippen LogP contribution in [0.5, 0.6) is 0 Å². The van der Waals surface area contributed by atoms with Gasteiger partial charge in [0.05, 0.1) is 13.0 Å². The van der Waals surface area contributed by atoms with Gasteiger partial charge >= 0.3 is 5.97 Å². The van der Waals surface area contributed by atoms with Gasteiger partial charge in [-0.1, -0.05) is 32.6 Å². The Morgan fingerprint density at radius 1 is 1.18 bits per heavy atom. The fourth-order valence-corrected chi connectivity index (χ4v) is 3.48. The van der Waals surface area contributed by atoms with Gasteiger partial charge < -0.3 is 19.5 Å². The van der Waals surface area contributed by atoms with Crippen LogP contribution in [0.2, 0.25) is 0 Å². The lowest BCUT2D eigenvalue weighted by atomic mass is 9.84. The second-order valence-corrected chi connectivity index (χ2v) is 6.04. The van der Waals surface area contributed by atoms with Gasteiger partial charge in [-0.25, -0.2) is 0 Å². The molecule has 0 aromatic heterocycles. The Labute approximate surface area is 135 Å². The van der Waals surface area contributed by atoms with Crippen molar-refractivity contribution in [2.45, 2.75) is 64.7 Å². The molecule has 1 fully saturated rings. The van der Waals surface area contributed by atoms with Gasteiger partial charge in [0.25, 0.3) is 0 Å². The Morgan fingerprint density at radius 2 is 1.91 bits per heavy atom. The van der Waals surface area contributed by atoms with E-state index in [1.54, 1.807) is 14.2 Å². The summed E-state index contributed by atoms with van der Waals surface area (Å²) in [6.07, 6.45) is 6.26. The lowest BCUT2D eigenvalue weighted by molar-refractivity contribution is -0.147. The van der Waals surface area contributed by atoms with Crippen LogP contribution in [-0.2, 0) is 19.0 Å². The molecule has 0 aromatic rings. The van der Waals surface area contributed by atoms with Crippen LogP contribution in [0.1, 0.15) is 52.4 Å². The van der Waals surface area contributed by atoms with E-state index in [0.717, 1.165) is 13.0 Å². The molecule has 1 heterocycles. The first kappa shape index (κ1) is 19.4. The fourth-order valence-electron chi connectivity index (χ4n) is 3.48. The number of unbranched alkanes of at least 4 members (excludes halogenated alkanes) is 3. The number of rotatable bonds is 11. The van der Waals surface area contributed by atoms with Crippen LogP contribution in [0.4, 0.5) is 0 Å². The standard InChI is InChI=1S/C17H33NO4/c1-5-7-8-9-10-13-14(17(20-3)21-4)12-18-15(13)11-16(19)22-6-2/h13-15,17-18H,5-12H2,1-4H3/t13-,14+,15+/m1/s1. The molecule has 5 heteroatoms. The molecule has 0 unspecified atom stereocenters. The molecule has 130 valence electrons. The minimum atomic E-state index is -0.212.